The summed E-state index contributed by atoms with van der Waals surface area (Å²) < 4.78 is 17.9. The fourth-order valence-corrected chi connectivity index (χ4v) is 14.3. The molecule has 0 unspecified atom stereocenters. The summed E-state index contributed by atoms with van der Waals surface area (Å²) in [7, 11) is 0. The van der Waals surface area contributed by atoms with Crippen molar-refractivity contribution < 1.29 is 18.6 Å². The summed E-state index contributed by atoms with van der Waals surface area (Å²) in [6, 6.07) is 26.3. The molecule has 8 bridgehead atoms. The molecule has 7 aliphatic heterocycles. The van der Waals surface area contributed by atoms with Crippen LogP contribution in [-0.4, -0.2) is 58.9 Å². The van der Waals surface area contributed by atoms with Crippen LogP contribution in [0.5, 0.6) is 11.5 Å². The minimum atomic E-state index is 0.655. The van der Waals surface area contributed by atoms with E-state index >= 15 is 0 Å². The van der Waals surface area contributed by atoms with Crippen LogP contribution in [-0.2, 0) is 13.1 Å². The van der Waals surface area contributed by atoms with Crippen LogP contribution in [0.2, 0.25) is 0 Å². The smallest absolute Gasteiger partial charge is 0.169 e. The largest absolute Gasteiger partial charge is 0.494 e. The van der Waals surface area contributed by atoms with E-state index in [1.165, 1.54) is 105 Å². The van der Waals surface area contributed by atoms with E-state index in [4.69, 9.17) is 29.4 Å². The molecule has 0 radical (unpaired) electrons. The van der Waals surface area contributed by atoms with Gasteiger partial charge >= 0.3 is 0 Å². The summed E-state index contributed by atoms with van der Waals surface area (Å²) >= 11 is 0. The molecule has 0 saturated carbocycles. The highest BCUT2D eigenvalue weighted by Gasteiger charge is 2.34. The molecule has 96 heavy (non-hydrogen) atoms. The zero-order chi connectivity index (χ0) is 66.9. The second-order valence-electron chi connectivity index (χ2n) is 26.5. The monoisotopic (exact) mass is 1280 g/mol. The number of aryl methyl sites for hydroxylation is 2. The molecule has 11 rings (SSSR count). The van der Waals surface area contributed by atoms with Gasteiger partial charge in [-0.05, 0) is 237 Å². The van der Waals surface area contributed by atoms with Gasteiger partial charge < -0.3 is 19.3 Å². The summed E-state index contributed by atoms with van der Waals surface area (Å²) in [6.45, 7) is 28.0. The lowest BCUT2D eigenvalue weighted by Crippen LogP contribution is -2.33. The third kappa shape index (κ3) is 16.2. The predicted molar refractivity (Wildman–Crippen MR) is 401 cm³/mol. The zero-order valence-electron chi connectivity index (χ0n) is 59.4. The van der Waals surface area contributed by atoms with Crippen molar-refractivity contribution in [1.82, 2.24) is 9.80 Å². The average Bonchev–Trinajstić information content (AvgIpc) is 1.60. The van der Waals surface area contributed by atoms with Gasteiger partial charge in [-0.25, -0.2) is 29.1 Å². The summed E-state index contributed by atoms with van der Waals surface area (Å²) in [5.74, 6) is 1.72. The van der Waals surface area contributed by atoms with E-state index in [1.54, 1.807) is 0 Å². The number of unbranched alkanes of at least 4 members (excludes halogenated alkanes) is 10. The highest BCUT2D eigenvalue weighted by molar-refractivity contribution is 6.37. The molecule has 2 aromatic heterocycles. The summed E-state index contributed by atoms with van der Waals surface area (Å²) in [5.41, 5.74) is 26.4. The van der Waals surface area contributed by atoms with Crippen LogP contribution in [0.4, 0.5) is 0 Å². The van der Waals surface area contributed by atoms with Gasteiger partial charge in [0.1, 0.15) is 24.6 Å². The Morgan fingerprint density at radius 1 is 0.385 bits per heavy atom. The van der Waals surface area contributed by atoms with Crippen molar-refractivity contribution in [2.75, 3.05) is 26.3 Å². The van der Waals surface area contributed by atoms with Crippen LogP contribution in [0.15, 0.2) is 257 Å². The molecule has 2 aromatic carbocycles. The molecule has 0 spiro atoms. The van der Waals surface area contributed by atoms with Gasteiger partial charge in [0, 0.05) is 86.1 Å². The molecule has 9 heterocycles. The van der Waals surface area contributed by atoms with Crippen molar-refractivity contribution in [2.45, 2.75) is 198 Å². The number of nitrogens with zero attached hydrogens (tertiary/aromatic N) is 8. The van der Waals surface area contributed by atoms with Crippen LogP contribution in [0.3, 0.4) is 0 Å². The third-order valence-corrected chi connectivity index (χ3v) is 20.0. The van der Waals surface area contributed by atoms with Crippen molar-refractivity contribution in [1.29, 1.82) is 0 Å². The van der Waals surface area contributed by atoms with E-state index in [-0.39, 0.29) is 0 Å². The molecule has 7 aliphatic rings. The summed E-state index contributed by atoms with van der Waals surface area (Å²) in [4.78, 5) is 27.4. The Morgan fingerprint density at radius 3 is 1.19 bits per heavy atom. The number of fused-ring (bicyclic) bond motifs is 4. The number of hydrogen-bond donors (Lipinski definition) is 0. The van der Waals surface area contributed by atoms with Gasteiger partial charge in [0.25, 0.3) is 0 Å². The molecule has 0 aliphatic carbocycles. The normalized spacial score (nSPS) is 16.9. The first-order valence-corrected chi connectivity index (χ1v) is 36.5. The number of allylic oxidation sites excluding steroid dienone is 18. The van der Waals surface area contributed by atoms with E-state index in [0.717, 1.165) is 183 Å². The van der Waals surface area contributed by atoms with Gasteiger partial charge in [0.15, 0.2) is 24.8 Å². The lowest BCUT2D eigenvalue weighted by molar-refractivity contribution is -0.697. The number of pyridine rings is 2. The molecule has 0 fully saturated rings. The van der Waals surface area contributed by atoms with Crippen LogP contribution >= 0.6 is 0 Å². The maximum atomic E-state index is 6.62. The molecule has 0 N–H and O–H groups in total. The Labute approximate surface area is 574 Å². The predicted octanol–water partition coefficient (Wildman–Crippen LogP) is 20.5. The van der Waals surface area contributed by atoms with E-state index in [9.17, 15) is 0 Å². The number of aliphatic imine (C=N–C) groups is 4. The van der Waals surface area contributed by atoms with E-state index in [0.29, 0.717) is 13.2 Å². The van der Waals surface area contributed by atoms with E-state index in [2.05, 4.69) is 247 Å². The molecule has 498 valence electrons. The number of hydrogen-bond acceptors (Lipinski definition) is 8. The minimum Gasteiger partial charge on any atom is -0.494 e. The van der Waals surface area contributed by atoms with Crippen LogP contribution in [0.25, 0.3) is 22.3 Å². The second-order valence-corrected chi connectivity index (χ2v) is 26.5. The Bertz CT molecular complexity index is 4060. The van der Waals surface area contributed by atoms with Crippen LogP contribution < -0.4 is 18.6 Å². The van der Waals surface area contributed by atoms with Gasteiger partial charge in [-0.1, -0.05) is 97.9 Å². The topological polar surface area (TPSA) is 82.1 Å². The lowest BCUT2D eigenvalue weighted by Gasteiger charge is -2.22. The average molecular weight is 1280 g/mol. The molecule has 0 amide bonds. The number of ether oxygens (including phenoxy) is 2. The molecule has 0 saturated heterocycles. The molecular weight excluding hydrogens is 1180 g/mol. The Morgan fingerprint density at radius 2 is 0.771 bits per heavy atom. The maximum Gasteiger partial charge on any atom is 0.169 e. The van der Waals surface area contributed by atoms with Gasteiger partial charge in [0.05, 0.1) is 58.8 Å². The molecule has 10 nitrogen and oxygen atoms in total. The van der Waals surface area contributed by atoms with Gasteiger partial charge in [-0.2, -0.15) is 0 Å². The van der Waals surface area contributed by atoms with Gasteiger partial charge in [-0.15, -0.1) is 0 Å². The van der Waals surface area contributed by atoms with Crippen molar-refractivity contribution in [2.24, 2.45) is 20.0 Å². The summed E-state index contributed by atoms with van der Waals surface area (Å²) in [6.07, 6.45) is 50.8. The first kappa shape index (κ1) is 68.6. The van der Waals surface area contributed by atoms with Gasteiger partial charge in [-0.3, -0.25) is 0 Å². The SMILES string of the molecule is CCCCCN1C=CC(=C2C=CN(CCCCCCOc3cccc(C4=C5N=C(C=C6N=C(C(C)=C6CC)C(c6cccc(OCCCCCC[n+]7ccc(-c8cc[n+](CCCCC)cc8)cc7)c6)=C6N=C(C=C7N=C4C(C)=C7CC)C(CC)=C6C)C(CC)=C5C)c3)C=C2)C=C1. The highest BCUT2D eigenvalue weighted by atomic mass is 16.5. The molecule has 0 atom stereocenters. The number of rotatable bonds is 31. The van der Waals surface area contributed by atoms with Gasteiger partial charge in [0.2, 0.25) is 0 Å². The van der Waals surface area contributed by atoms with Crippen LogP contribution in [0.1, 0.15) is 196 Å². The highest BCUT2D eigenvalue weighted by Crippen LogP contribution is 2.45. The molecule has 4 aromatic rings. The number of aromatic nitrogens is 2. The fourth-order valence-electron chi connectivity index (χ4n) is 14.3. The lowest BCUT2D eigenvalue weighted by atomic mass is 9.89. The zero-order valence-corrected chi connectivity index (χ0v) is 59.4. The molecule has 10 heteroatoms. The van der Waals surface area contributed by atoms with Crippen molar-refractivity contribution in [3.8, 4) is 22.6 Å². The van der Waals surface area contributed by atoms with Crippen molar-refractivity contribution >= 4 is 34.0 Å². The number of benzene rings is 2. The van der Waals surface area contributed by atoms with Crippen LogP contribution in [0, 0.1) is 0 Å². The quantitative estimate of drug-likeness (QED) is 0.0371. The summed E-state index contributed by atoms with van der Waals surface area (Å²) in [5, 5.41) is 0. The van der Waals surface area contributed by atoms with E-state index in [1.807, 2.05) is 0 Å². The van der Waals surface area contributed by atoms with E-state index < -0.39 is 0 Å². The Kier molecular flexibility index (Phi) is 23.8. The molecular formula is C86H104N8O2+2. The Balaban J connectivity index is 0.789. The van der Waals surface area contributed by atoms with Crippen molar-refractivity contribution in [3.63, 3.8) is 0 Å². The standard InChI is InChI=1S/C86H104N8O2/c1-11-17-23-43-91-47-35-65(36-48-91)67-39-51-93(52-40-67)45-25-19-21-27-55-95-71-33-29-31-69(57-71)81-83-61(7)73(13-3)77(87-83)59-79-75(15-5)63(9)85(89-79)82(86-64(10)76(16-6)80(90-86)60-78-74(14-4)62(8)84(81)88-78)70-32-30-34-72(58-70)96-56-28-22-20-26-46-94-53-41-68(42-54-94)66-37-49-92(50-38-66)44-24-18-12-2/h29-42,47-54,57-60H,11-28,43-46,55-56H2,1-10H3/q+2. The third-order valence-electron chi connectivity index (χ3n) is 20.0. The maximum absolute atomic E-state index is 6.62. The Hall–Kier alpha value is -8.76. The minimum absolute atomic E-state index is 0.655. The van der Waals surface area contributed by atoms with Crippen molar-refractivity contribution in [3.05, 3.63) is 248 Å². The second kappa shape index (κ2) is 33.3. The first-order valence-electron chi connectivity index (χ1n) is 36.5. The first-order chi connectivity index (χ1) is 47.0. The fraction of sp³-hybridized carbons (Fsp3) is 0.395.